The van der Waals surface area contributed by atoms with Gasteiger partial charge in [0.2, 0.25) is 17.7 Å². The maximum absolute atomic E-state index is 11.8. The molecule has 0 bridgehead atoms. The Balaban J connectivity index is 1.08. The Morgan fingerprint density at radius 1 is 0.980 bits per heavy atom. The minimum atomic E-state index is 0.0592. The van der Waals surface area contributed by atoms with Crippen LogP contribution in [0.3, 0.4) is 0 Å². The van der Waals surface area contributed by atoms with Gasteiger partial charge in [0.25, 0.3) is 0 Å². The van der Waals surface area contributed by atoms with Crippen LogP contribution >= 0.6 is 23.2 Å². The predicted molar refractivity (Wildman–Crippen MR) is 199 cm³/mol. The topological polar surface area (TPSA) is 109 Å². The number of benzene rings is 2. The predicted octanol–water partition coefficient (Wildman–Crippen LogP) is 6.22. The Hall–Kier alpha value is -4.22. The highest BCUT2D eigenvalue weighted by Gasteiger charge is 2.48. The number of nitrogens with one attached hydrogen (secondary N) is 2. The lowest BCUT2D eigenvalue weighted by Crippen LogP contribution is -2.56. The molecule has 10 nitrogen and oxygen atoms in total. The van der Waals surface area contributed by atoms with Gasteiger partial charge in [-0.1, -0.05) is 59.6 Å². The van der Waals surface area contributed by atoms with Crippen LogP contribution in [0.4, 0.5) is 0 Å². The number of piperidine rings is 1. The Kier molecular flexibility index (Phi) is 10.2. The van der Waals surface area contributed by atoms with E-state index in [0.29, 0.717) is 52.9 Å². The zero-order valence-electron chi connectivity index (χ0n) is 29.1. The molecule has 0 aliphatic carbocycles. The first-order valence-corrected chi connectivity index (χ1v) is 18.1. The number of pyridine rings is 2. The van der Waals surface area contributed by atoms with E-state index < -0.39 is 0 Å². The highest BCUT2D eigenvalue weighted by atomic mass is 35.5. The van der Waals surface area contributed by atoms with Crippen molar-refractivity contribution in [3.63, 3.8) is 0 Å². The number of carbonyl (C=O) groups is 2. The fourth-order valence-electron chi connectivity index (χ4n) is 7.63. The first-order chi connectivity index (χ1) is 24.7. The molecule has 3 aliphatic heterocycles. The van der Waals surface area contributed by atoms with Crippen LogP contribution in [0.5, 0.6) is 11.6 Å². The lowest BCUT2D eigenvalue weighted by molar-refractivity contribution is -0.130. The van der Waals surface area contributed by atoms with Crippen molar-refractivity contribution in [1.82, 2.24) is 30.4 Å². The monoisotopic (exact) mass is 728 g/mol. The van der Waals surface area contributed by atoms with E-state index in [-0.39, 0.29) is 17.2 Å². The largest absolute Gasteiger partial charge is 0.496 e. The average Bonchev–Trinajstić information content (AvgIpc) is 3.52. The molecule has 2 amide bonds. The van der Waals surface area contributed by atoms with Crippen molar-refractivity contribution in [2.45, 2.75) is 45.3 Å². The van der Waals surface area contributed by atoms with Crippen molar-refractivity contribution in [1.29, 1.82) is 0 Å². The van der Waals surface area contributed by atoms with Gasteiger partial charge in [0.05, 0.1) is 35.7 Å². The van der Waals surface area contributed by atoms with Crippen LogP contribution < -0.4 is 20.1 Å². The molecule has 2 aromatic heterocycles. The number of carbonyl (C=O) groups excluding carboxylic acids is 2. The van der Waals surface area contributed by atoms with Crippen molar-refractivity contribution in [3.05, 3.63) is 82.0 Å². The maximum Gasteiger partial charge on any atom is 0.220 e. The van der Waals surface area contributed by atoms with Crippen LogP contribution in [-0.4, -0.2) is 84.6 Å². The molecule has 4 aromatic rings. The first-order valence-electron chi connectivity index (χ1n) is 17.3. The van der Waals surface area contributed by atoms with E-state index in [4.69, 9.17) is 37.7 Å². The van der Waals surface area contributed by atoms with Gasteiger partial charge in [-0.3, -0.25) is 19.5 Å². The summed E-state index contributed by atoms with van der Waals surface area (Å²) in [6.07, 6.45) is 4.18. The number of halogens is 2. The van der Waals surface area contributed by atoms with Gasteiger partial charge in [0.15, 0.2) is 0 Å². The average molecular weight is 730 g/mol. The van der Waals surface area contributed by atoms with E-state index in [2.05, 4.69) is 20.5 Å². The number of ether oxygens (including phenoxy) is 2. The lowest BCUT2D eigenvalue weighted by atomic mass is 9.79. The van der Waals surface area contributed by atoms with Gasteiger partial charge in [0, 0.05) is 110 Å². The highest BCUT2D eigenvalue weighted by Crippen LogP contribution is 2.43. The van der Waals surface area contributed by atoms with E-state index >= 15 is 0 Å². The minimum absolute atomic E-state index is 0.0592. The SMILES string of the molecule is COc1cc(-c2nccc(-c3cccc(-c4ccc(CN5CC6(CNC(=O)C6)C5)c(OC)n4)c3Cl)c2Cl)ccc1CNC1CCN(C(C)=O)CC1. The molecule has 0 radical (unpaired) electrons. The van der Waals surface area contributed by atoms with Crippen molar-refractivity contribution >= 4 is 35.0 Å². The minimum Gasteiger partial charge on any atom is -0.496 e. The fourth-order valence-corrected chi connectivity index (χ4v) is 8.28. The van der Waals surface area contributed by atoms with Gasteiger partial charge in [-0.25, -0.2) is 4.98 Å². The van der Waals surface area contributed by atoms with Crippen LogP contribution in [-0.2, 0) is 22.7 Å². The summed E-state index contributed by atoms with van der Waals surface area (Å²) in [5.74, 6) is 1.56. The standard InChI is InChI=1S/C39H42Cl2N6O4/c1-24(48)47-15-12-28(13-16-47)43-19-26-8-7-25(17-33(26)50-2)37-36(41)30(11-14-42-37)29-5-4-6-31(35(29)40)32-10-9-27(38(45-32)51-3)20-46-22-39(23-46)18-34(49)44-21-39/h4-11,14,17,28,43H,12-13,15-16,18-23H2,1-3H3,(H,44,49). The number of rotatable bonds is 10. The molecule has 51 heavy (non-hydrogen) atoms. The number of hydrogen-bond donors (Lipinski definition) is 2. The van der Waals surface area contributed by atoms with Crippen molar-refractivity contribution in [2.75, 3.05) is 46.9 Å². The summed E-state index contributed by atoms with van der Waals surface area (Å²) in [6, 6.07) is 18.1. The van der Waals surface area contributed by atoms with Crippen LogP contribution in [0.2, 0.25) is 10.0 Å². The molecule has 266 valence electrons. The quantitative estimate of drug-likeness (QED) is 0.198. The summed E-state index contributed by atoms with van der Waals surface area (Å²) in [4.78, 5) is 37.2. The molecule has 3 aliphatic rings. The van der Waals surface area contributed by atoms with Gasteiger partial charge in [0.1, 0.15) is 5.75 Å². The molecule has 3 saturated heterocycles. The molecule has 3 fully saturated rings. The third kappa shape index (κ3) is 7.28. The molecule has 0 unspecified atom stereocenters. The van der Waals surface area contributed by atoms with E-state index in [1.165, 1.54) is 0 Å². The van der Waals surface area contributed by atoms with Crippen molar-refractivity contribution < 1.29 is 19.1 Å². The first kappa shape index (κ1) is 35.2. The molecule has 2 aromatic carbocycles. The third-order valence-electron chi connectivity index (χ3n) is 10.4. The van der Waals surface area contributed by atoms with E-state index in [0.717, 1.165) is 84.7 Å². The maximum atomic E-state index is 11.8. The van der Waals surface area contributed by atoms with Gasteiger partial charge in [-0.2, -0.15) is 0 Å². The van der Waals surface area contributed by atoms with Gasteiger partial charge < -0.3 is 25.0 Å². The van der Waals surface area contributed by atoms with Crippen LogP contribution in [0.1, 0.15) is 37.3 Å². The van der Waals surface area contributed by atoms with Crippen LogP contribution in [0.15, 0.2) is 60.8 Å². The van der Waals surface area contributed by atoms with Crippen LogP contribution in [0.25, 0.3) is 33.6 Å². The third-order valence-corrected chi connectivity index (χ3v) is 11.2. The molecule has 12 heteroatoms. The second-order valence-electron chi connectivity index (χ2n) is 13.8. The van der Waals surface area contributed by atoms with E-state index in [1.807, 2.05) is 59.5 Å². The fraction of sp³-hybridized carbons (Fsp3) is 0.385. The number of likely N-dealkylation sites (tertiary alicyclic amines) is 2. The zero-order chi connectivity index (χ0) is 35.7. The van der Waals surface area contributed by atoms with Gasteiger partial charge in [-0.15, -0.1) is 0 Å². The van der Waals surface area contributed by atoms with Crippen molar-refractivity contribution in [3.8, 4) is 45.3 Å². The summed E-state index contributed by atoms with van der Waals surface area (Å²) in [6.45, 7) is 7.01. The molecular weight excluding hydrogens is 687 g/mol. The molecular formula is C39H42Cl2N6O4. The smallest absolute Gasteiger partial charge is 0.220 e. The molecule has 5 heterocycles. The second-order valence-corrected chi connectivity index (χ2v) is 14.6. The number of methoxy groups -OCH3 is 2. The Bertz CT molecular complexity index is 1960. The van der Waals surface area contributed by atoms with E-state index in [9.17, 15) is 9.59 Å². The Labute approximate surface area is 308 Å². The number of nitrogens with zero attached hydrogens (tertiary/aromatic N) is 4. The summed E-state index contributed by atoms with van der Waals surface area (Å²) in [7, 11) is 3.29. The van der Waals surface area contributed by atoms with E-state index in [1.54, 1.807) is 27.3 Å². The number of amides is 2. The van der Waals surface area contributed by atoms with Gasteiger partial charge in [-0.05, 0) is 31.0 Å². The normalized spacial score (nSPS) is 17.4. The number of aromatic nitrogens is 2. The van der Waals surface area contributed by atoms with Crippen LogP contribution in [0, 0.1) is 5.41 Å². The van der Waals surface area contributed by atoms with Crippen molar-refractivity contribution in [2.24, 2.45) is 5.41 Å². The highest BCUT2D eigenvalue weighted by molar-refractivity contribution is 6.39. The zero-order valence-corrected chi connectivity index (χ0v) is 30.6. The summed E-state index contributed by atoms with van der Waals surface area (Å²) in [5, 5.41) is 7.60. The molecule has 7 rings (SSSR count). The lowest BCUT2D eigenvalue weighted by Gasteiger charge is -2.47. The Morgan fingerprint density at radius 2 is 1.73 bits per heavy atom. The second kappa shape index (κ2) is 14.8. The summed E-state index contributed by atoms with van der Waals surface area (Å²) < 4.78 is 11.5. The molecule has 0 atom stereocenters. The molecule has 2 N–H and O–H groups in total. The summed E-state index contributed by atoms with van der Waals surface area (Å²) >= 11 is 14.2. The molecule has 1 spiro atoms. The number of hydrogen-bond acceptors (Lipinski definition) is 8. The molecule has 0 saturated carbocycles. The summed E-state index contributed by atoms with van der Waals surface area (Å²) in [5.41, 5.74) is 6.50. The van der Waals surface area contributed by atoms with Gasteiger partial charge >= 0.3 is 0 Å². The Morgan fingerprint density at radius 3 is 2.43 bits per heavy atom.